The number of thiophene rings is 1. The Hall–Kier alpha value is -7.34. The molecule has 5 heteroatoms. The summed E-state index contributed by atoms with van der Waals surface area (Å²) in [7, 11) is 0. The number of fused-ring (bicyclic) bond motifs is 10. The molecule has 4 heterocycles. The highest BCUT2D eigenvalue weighted by Gasteiger charge is 2.58. The van der Waals surface area contributed by atoms with Crippen LogP contribution in [0.2, 0.25) is 0 Å². The van der Waals surface area contributed by atoms with Crippen LogP contribution in [0.1, 0.15) is 103 Å². The van der Waals surface area contributed by atoms with Crippen LogP contribution in [0.5, 0.6) is 0 Å². The van der Waals surface area contributed by atoms with Gasteiger partial charge >= 0.3 is 0 Å². The number of hydrogen-bond acceptors (Lipinski definition) is 4. The Morgan fingerprint density at radius 1 is 0.461 bits per heavy atom. The molecule has 10 aromatic rings. The molecule has 1 saturated carbocycles. The molecule has 2 unspecified atom stereocenters. The van der Waals surface area contributed by atoms with Gasteiger partial charge in [-0.1, -0.05) is 177 Å². The van der Waals surface area contributed by atoms with E-state index in [9.17, 15) is 0 Å². The third-order valence-corrected chi connectivity index (χ3v) is 19.5. The summed E-state index contributed by atoms with van der Waals surface area (Å²) in [5.41, 5.74) is 24.2. The van der Waals surface area contributed by atoms with Gasteiger partial charge in [0.2, 0.25) is 0 Å². The van der Waals surface area contributed by atoms with E-state index in [0.717, 1.165) is 6.42 Å². The molecule has 9 aromatic carbocycles. The summed E-state index contributed by atoms with van der Waals surface area (Å²) in [6.07, 6.45) is 4.77. The summed E-state index contributed by atoms with van der Waals surface area (Å²) >= 11 is 1.90. The smallest absolute Gasteiger partial charge is 0.252 e. The minimum absolute atomic E-state index is 0.0110. The zero-order valence-corrected chi connectivity index (χ0v) is 46.4. The van der Waals surface area contributed by atoms with Crippen molar-refractivity contribution < 1.29 is 0 Å². The lowest BCUT2D eigenvalue weighted by Crippen LogP contribution is -2.61. The molecule has 1 fully saturated rings. The summed E-state index contributed by atoms with van der Waals surface area (Å²) in [5.74, 6) is 0. The summed E-state index contributed by atoms with van der Waals surface area (Å²) in [6.45, 7) is 21.5. The van der Waals surface area contributed by atoms with E-state index in [1.807, 2.05) is 11.3 Å². The van der Waals surface area contributed by atoms with Crippen molar-refractivity contribution in [2.24, 2.45) is 0 Å². The molecule has 76 heavy (non-hydrogen) atoms. The lowest BCUT2D eigenvalue weighted by atomic mass is 9.33. The molecule has 4 aliphatic rings. The molecule has 0 saturated heterocycles. The van der Waals surface area contributed by atoms with Gasteiger partial charge in [-0.25, -0.2) is 0 Å². The van der Waals surface area contributed by atoms with Crippen LogP contribution in [0.25, 0.3) is 42.4 Å². The summed E-state index contributed by atoms with van der Waals surface area (Å²) in [5, 5.41) is 2.64. The van der Waals surface area contributed by atoms with Gasteiger partial charge in [-0.15, -0.1) is 11.3 Å². The topological polar surface area (TPSA) is 9.72 Å². The fourth-order valence-corrected chi connectivity index (χ4v) is 15.2. The van der Waals surface area contributed by atoms with Gasteiger partial charge in [0.1, 0.15) is 0 Å². The Morgan fingerprint density at radius 3 is 1.82 bits per heavy atom. The van der Waals surface area contributed by atoms with Crippen molar-refractivity contribution in [1.29, 1.82) is 0 Å². The van der Waals surface area contributed by atoms with Gasteiger partial charge in [-0.2, -0.15) is 0 Å². The van der Waals surface area contributed by atoms with Crippen molar-refractivity contribution in [1.82, 2.24) is 0 Å². The van der Waals surface area contributed by atoms with Crippen LogP contribution in [0.15, 0.2) is 188 Å². The van der Waals surface area contributed by atoms with Gasteiger partial charge in [-0.3, -0.25) is 0 Å². The van der Waals surface area contributed by atoms with Crippen LogP contribution in [-0.2, 0) is 16.2 Å². The molecule has 3 aliphatic heterocycles. The molecule has 14 rings (SSSR count). The molecule has 0 amide bonds. The number of rotatable bonds is 5. The van der Waals surface area contributed by atoms with Gasteiger partial charge in [0.25, 0.3) is 6.71 Å². The predicted molar refractivity (Wildman–Crippen MR) is 329 cm³/mol. The van der Waals surface area contributed by atoms with E-state index < -0.39 is 0 Å². The molecule has 0 spiro atoms. The molecule has 374 valence electrons. The Morgan fingerprint density at radius 2 is 1.07 bits per heavy atom. The summed E-state index contributed by atoms with van der Waals surface area (Å²) in [6, 6.07) is 72.8. The Labute approximate surface area is 454 Å². The second-order valence-electron chi connectivity index (χ2n) is 25.0. The standard InChI is InChI=1S/C71H66BN3S/c1-45-38-63-67-64(39-45)74(59-35-28-49(68(2,3)4)41-55(59)47-22-14-11-15-23-47)61-42-50(69(5,6)7)27-32-57(61)72(67)58-33-30-52(43-62(58)73(63)51-29-31-54-53-24-16-17-25-65(53)76-66(54)44-51)75-60-34-26-48(46-20-12-10-13-21-46)40-56(60)70(8)36-18-19-37-71(70,75)9/h10-17,20-35,38-44H,18-19,36-37H2,1-9H3. The average Bonchev–Trinajstić information content (AvgIpc) is 3.93. The van der Waals surface area contributed by atoms with Crippen molar-refractivity contribution >= 4 is 100 Å². The van der Waals surface area contributed by atoms with E-state index in [1.54, 1.807) is 0 Å². The van der Waals surface area contributed by atoms with Crippen molar-refractivity contribution in [2.45, 2.75) is 110 Å². The lowest BCUT2D eigenvalue weighted by molar-refractivity contribution is 0.195. The van der Waals surface area contributed by atoms with E-state index in [2.05, 4.69) is 265 Å². The first-order chi connectivity index (χ1) is 36.6. The molecule has 2 atom stereocenters. The van der Waals surface area contributed by atoms with Crippen LogP contribution in [0, 0.1) is 6.92 Å². The van der Waals surface area contributed by atoms with Crippen LogP contribution in [0.4, 0.5) is 45.5 Å². The molecule has 0 radical (unpaired) electrons. The molecule has 0 bridgehead atoms. The first-order valence-corrected chi connectivity index (χ1v) is 28.6. The normalized spacial score (nSPS) is 18.6. The lowest BCUT2D eigenvalue weighted by Gasteiger charge is -2.50. The van der Waals surface area contributed by atoms with E-state index in [-0.39, 0.29) is 28.5 Å². The van der Waals surface area contributed by atoms with E-state index in [1.165, 1.54) is 146 Å². The van der Waals surface area contributed by atoms with Crippen LogP contribution in [0.3, 0.4) is 0 Å². The minimum Gasteiger partial charge on any atom is -0.334 e. The molecule has 3 nitrogen and oxygen atoms in total. The quantitative estimate of drug-likeness (QED) is 0.159. The van der Waals surface area contributed by atoms with Gasteiger partial charge in [-0.05, 0) is 166 Å². The van der Waals surface area contributed by atoms with Crippen LogP contribution >= 0.6 is 11.3 Å². The number of nitrogens with zero attached hydrogens (tertiary/aromatic N) is 3. The molecule has 1 aromatic heterocycles. The molecule has 1 aliphatic carbocycles. The van der Waals surface area contributed by atoms with Crippen LogP contribution < -0.4 is 31.1 Å². The average molecular weight is 1000 g/mol. The van der Waals surface area contributed by atoms with E-state index >= 15 is 0 Å². The minimum atomic E-state index is -0.116. The first kappa shape index (κ1) is 47.1. The highest BCUT2D eigenvalue weighted by molar-refractivity contribution is 7.25. The number of hydrogen-bond donors (Lipinski definition) is 0. The fraction of sp³-hybridized carbons (Fsp3) is 0.239. The second kappa shape index (κ2) is 16.8. The van der Waals surface area contributed by atoms with E-state index in [0.29, 0.717) is 0 Å². The third kappa shape index (κ3) is 7.00. The Kier molecular flexibility index (Phi) is 10.4. The second-order valence-corrected chi connectivity index (χ2v) is 26.0. The number of aryl methyl sites for hydroxylation is 1. The molecular formula is C71H66BN3S. The van der Waals surface area contributed by atoms with Crippen molar-refractivity contribution in [3.63, 3.8) is 0 Å². The zero-order valence-electron chi connectivity index (χ0n) is 45.6. The number of benzene rings is 9. The summed E-state index contributed by atoms with van der Waals surface area (Å²) in [4.78, 5) is 8.07. The van der Waals surface area contributed by atoms with E-state index in [4.69, 9.17) is 0 Å². The largest absolute Gasteiger partial charge is 0.334 e. The maximum absolute atomic E-state index is 2.78. The Bertz CT molecular complexity index is 3990. The fourth-order valence-electron chi connectivity index (χ4n) is 14.1. The number of anilines is 8. The molecule has 0 N–H and O–H groups in total. The van der Waals surface area contributed by atoms with Crippen molar-refractivity contribution in [3.8, 4) is 22.3 Å². The first-order valence-electron chi connectivity index (χ1n) is 27.7. The maximum Gasteiger partial charge on any atom is 0.252 e. The highest BCUT2D eigenvalue weighted by Crippen LogP contribution is 2.62. The van der Waals surface area contributed by atoms with Crippen LogP contribution in [-0.4, -0.2) is 12.3 Å². The maximum atomic E-state index is 2.78. The Balaban J connectivity index is 1.04. The summed E-state index contributed by atoms with van der Waals surface area (Å²) < 4.78 is 2.63. The highest BCUT2D eigenvalue weighted by atomic mass is 32.1. The molecular weight excluding hydrogens is 938 g/mol. The third-order valence-electron chi connectivity index (χ3n) is 18.3. The van der Waals surface area contributed by atoms with Gasteiger partial charge in [0, 0.05) is 71.0 Å². The van der Waals surface area contributed by atoms with Gasteiger partial charge < -0.3 is 14.7 Å². The van der Waals surface area contributed by atoms with Gasteiger partial charge in [0.15, 0.2) is 0 Å². The monoisotopic (exact) mass is 1000 g/mol. The SMILES string of the molecule is Cc1cc2c3c(c1)N(c1ccc(C(C)(C)C)cc1-c1ccccc1)c1cc(C(C)(C)C)ccc1B3c1ccc(N3c4ccc(-c5ccccc5)cc4C4(C)CCCCC34C)cc1N2c1ccc2c(c1)sc1ccccc12. The van der Waals surface area contributed by atoms with Crippen molar-refractivity contribution in [2.75, 3.05) is 14.7 Å². The van der Waals surface area contributed by atoms with Gasteiger partial charge in [0.05, 0.1) is 11.2 Å². The van der Waals surface area contributed by atoms with Crippen molar-refractivity contribution in [3.05, 3.63) is 210 Å². The predicted octanol–water partition coefficient (Wildman–Crippen LogP) is 18.1. The zero-order chi connectivity index (χ0) is 52.0.